The van der Waals surface area contributed by atoms with Gasteiger partial charge in [-0.3, -0.25) is 0 Å². The van der Waals surface area contributed by atoms with Gasteiger partial charge in [0.15, 0.2) is 9.84 Å². The molecule has 2 aliphatic rings. The Bertz CT molecular complexity index is 296. The minimum absolute atomic E-state index is 0.360. The van der Waals surface area contributed by atoms with Gasteiger partial charge in [0.25, 0.3) is 0 Å². The van der Waals surface area contributed by atoms with E-state index in [0.717, 1.165) is 38.6 Å². The van der Waals surface area contributed by atoms with Crippen LogP contribution < -0.4 is 5.32 Å². The fourth-order valence-electron chi connectivity index (χ4n) is 2.51. The van der Waals surface area contributed by atoms with Gasteiger partial charge in [0.2, 0.25) is 0 Å². The second-order valence-corrected chi connectivity index (χ2v) is 7.28. The van der Waals surface area contributed by atoms with Crippen LogP contribution in [0.2, 0.25) is 0 Å². The third-order valence-electron chi connectivity index (χ3n) is 3.75. The van der Waals surface area contributed by atoms with E-state index in [1.807, 2.05) is 0 Å². The quantitative estimate of drug-likeness (QED) is 0.768. The summed E-state index contributed by atoms with van der Waals surface area (Å²) in [5, 5.41) is 3.37. The lowest BCUT2D eigenvalue weighted by Crippen LogP contribution is -2.41. The lowest BCUT2D eigenvalue weighted by atomic mass is 9.94. The molecule has 0 atom stereocenters. The first kappa shape index (κ1) is 12.3. The van der Waals surface area contributed by atoms with Crippen LogP contribution >= 0.6 is 0 Å². The molecule has 94 valence electrons. The van der Waals surface area contributed by atoms with Crippen molar-refractivity contribution < 1.29 is 8.42 Å². The molecule has 0 aromatic heterocycles. The van der Waals surface area contributed by atoms with E-state index in [-0.39, 0.29) is 0 Å². The Morgan fingerprint density at radius 3 is 2.38 bits per heavy atom. The summed E-state index contributed by atoms with van der Waals surface area (Å²) in [6.07, 6.45) is 3.81. The molecule has 0 unspecified atom stereocenters. The van der Waals surface area contributed by atoms with Gasteiger partial charge in [-0.15, -0.1) is 0 Å². The highest BCUT2D eigenvalue weighted by Gasteiger charge is 2.22. The summed E-state index contributed by atoms with van der Waals surface area (Å²) in [6, 6.07) is 0. The van der Waals surface area contributed by atoms with Crippen molar-refractivity contribution in [2.45, 2.75) is 19.3 Å². The maximum atomic E-state index is 11.3. The monoisotopic (exact) mass is 246 g/mol. The first-order chi connectivity index (χ1) is 7.66. The van der Waals surface area contributed by atoms with E-state index < -0.39 is 9.84 Å². The molecular weight excluding hydrogens is 224 g/mol. The van der Waals surface area contributed by atoms with Gasteiger partial charge in [0, 0.05) is 13.1 Å². The van der Waals surface area contributed by atoms with E-state index in [0.29, 0.717) is 11.5 Å². The van der Waals surface area contributed by atoms with Crippen LogP contribution in [-0.2, 0) is 9.84 Å². The first-order valence-corrected chi connectivity index (χ1v) is 8.11. The molecule has 0 radical (unpaired) electrons. The Labute approximate surface area is 98.3 Å². The summed E-state index contributed by atoms with van der Waals surface area (Å²) >= 11 is 0. The second kappa shape index (κ2) is 5.47. The van der Waals surface area contributed by atoms with Gasteiger partial charge in [-0.05, 0) is 44.8 Å². The zero-order valence-corrected chi connectivity index (χ0v) is 10.6. The third kappa shape index (κ3) is 3.71. The minimum Gasteiger partial charge on any atom is -0.317 e. The molecule has 1 N–H and O–H groups in total. The van der Waals surface area contributed by atoms with Crippen LogP contribution in [0.3, 0.4) is 0 Å². The number of nitrogens with zero attached hydrogens (tertiary/aromatic N) is 1. The average molecular weight is 246 g/mol. The van der Waals surface area contributed by atoms with Crippen molar-refractivity contribution >= 4 is 9.84 Å². The first-order valence-electron chi connectivity index (χ1n) is 6.29. The zero-order chi connectivity index (χ0) is 11.4. The predicted molar refractivity (Wildman–Crippen MR) is 65.3 cm³/mol. The largest absolute Gasteiger partial charge is 0.317 e. The number of rotatable bonds is 3. The lowest BCUT2D eigenvalue weighted by molar-refractivity contribution is 0.249. The summed E-state index contributed by atoms with van der Waals surface area (Å²) in [5.74, 6) is 1.57. The molecular formula is C11H22N2O2S. The minimum atomic E-state index is -2.71. The van der Waals surface area contributed by atoms with E-state index in [1.54, 1.807) is 0 Å². The molecule has 2 fully saturated rings. The Morgan fingerprint density at radius 1 is 1.12 bits per heavy atom. The summed E-state index contributed by atoms with van der Waals surface area (Å²) in [4.78, 5) is 2.31. The Morgan fingerprint density at radius 2 is 1.75 bits per heavy atom. The summed E-state index contributed by atoms with van der Waals surface area (Å²) in [6.45, 7) is 4.87. The highest BCUT2D eigenvalue weighted by atomic mass is 32.2. The van der Waals surface area contributed by atoms with Crippen molar-refractivity contribution in [3.8, 4) is 0 Å². The molecule has 16 heavy (non-hydrogen) atoms. The highest BCUT2D eigenvalue weighted by Crippen LogP contribution is 2.17. The maximum absolute atomic E-state index is 11.3. The van der Waals surface area contributed by atoms with Gasteiger partial charge in [-0.1, -0.05) is 0 Å². The maximum Gasteiger partial charge on any atom is 0.152 e. The fourth-order valence-corrected chi connectivity index (χ4v) is 3.79. The van der Waals surface area contributed by atoms with Gasteiger partial charge in [-0.25, -0.2) is 8.42 Å². The van der Waals surface area contributed by atoms with E-state index in [1.165, 1.54) is 19.3 Å². The molecule has 0 spiro atoms. The van der Waals surface area contributed by atoms with Gasteiger partial charge >= 0.3 is 0 Å². The molecule has 2 heterocycles. The molecule has 2 rings (SSSR count). The lowest BCUT2D eigenvalue weighted by Gasteiger charge is -2.29. The van der Waals surface area contributed by atoms with Crippen molar-refractivity contribution in [1.29, 1.82) is 0 Å². The van der Waals surface area contributed by atoms with E-state index in [2.05, 4.69) is 10.2 Å². The normalized spacial score (nSPS) is 28.0. The van der Waals surface area contributed by atoms with Crippen molar-refractivity contribution in [3.05, 3.63) is 0 Å². The number of nitrogens with one attached hydrogen (secondary N) is 1. The Balaban J connectivity index is 1.67. The molecule has 0 bridgehead atoms. The molecule has 2 saturated heterocycles. The Hall–Kier alpha value is -0.130. The second-order valence-electron chi connectivity index (χ2n) is 4.98. The summed E-state index contributed by atoms with van der Waals surface area (Å²) in [5.41, 5.74) is 0. The van der Waals surface area contributed by atoms with E-state index >= 15 is 0 Å². The molecule has 4 nitrogen and oxygen atoms in total. The summed E-state index contributed by atoms with van der Waals surface area (Å²) in [7, 11) is -2.71. The van der Waals surface area contributed by atoms with Crippen LogP contribution in [0.25, 0.3) is 0 Å². The number of hydrogen-bond acceptors (Lipinski definition) is 4. The van der Waals surface area contributed by atoms with Crippen LogP contribution in [0.15, 0.2) is 0 Å². The molecule has 0 aromatic rings. The van der Waals surface area contributed by atoms with Crippen LogP contribution in [0, 0.1) is 5.92 Å². The fraction of sp³-hybridized carbons (Fsp3) is 1.00. The SMILES string of the molecule is O=S1(=O)CCN(CCC2CCNCC2)CC1. The van der Waals surface area contributed by atoms with Crippen LogP contribution in [0.5, 0.6) is 0 Å². The predicted octanol–water partition coefficient (Wildman–Crippen LogP) is 0.107. The van der Waals surface area contributed by atoms with Crippen molar-refractivity contribution in [3.63, 3.8) is 0 Å². The Kier molecular flexibility index (Phi) is 4.21. The van der Waals surface area contributed by atoms with Gasteiger partial charge in [0.05, 0.1) is 11.5 Å². The van der Waals surface area contributed by atoms with Crippen LogP contribution in [0.1, 0.15) is 19.3 Å². The molecule has 0 aliphatic carbocycles. The molecule has 5 heteroatoms. The molecule has 0 amide bonds. The van der Waals surface area contributed by atoms with Crippen LogP contribution in [-0.4, -0.2) is 57.5 Å². The van der Waals surface area contributed by atoms with E-state index in [4.69, 9.17) is 0 Å². The molecule has 0 saturated carbocycles. The number of piperidine rings is 1. The van der Waals surface area contributed by atoms with Crippen molar-refractivity contribution in [1.82, 2.24) is 10.2 Å². The highest BCUT2D eigenvalue weighted by molar-refractivity contribution is 7.91. The number of sulfone groups is 1. The standard InChI is InChI=1S/C11H22N2O2S/c14-16(15)9-7-13(8-10-16)6-3-11-1-4-12-5-2-11/h11-12H,1-10H2. The third-order valence-corrected chi connectivity index (χ3v) is 5.36. The number of hydrogen-bond donors (Lipinski definition) is 1. The van der Waals surface area contributed by atoms with E-state index in [9.17, 15) is 8.42 Å². The van der Waals surface area contributed by atoms with Gasteiger partial charge in [0.1, 0.15) is 0 Å². The molecule has 2 aliphatic heterocycles. The molecule has 0 aromatic carbocycles. The van der Waals surface area contributed by atoms with Gasteiger partial charge in [-0.2, -0.15) is 0 Å². The van der Waals surface area contributed by atoms with Crippen molar-refractivity contribution in [2.75, 3.05) is 44.2 Å². The van der Waals surface area contributed by atoms with Gasteiger partial charge < -0.3 is 10.2 Å². The smallest absolute Gasteiger partial charge is 0.152 e. The zero-order valence-electron chi connectivity index (χ0n) is 9.82. The average Bonchev–Trinajstić information content (AvgIpc) is 2.29. The summed E-state index contributed by atoms with van der Waals surface area (Å²) < 4.78 is 22.5. The topological polar surface area (TPSA) is 49.4 Å². The van der Waals surface area contributed by atoms with Crippen LogP contribution in [0.4, 0.5) is 0 Å². The van der Waals surface area contributed by atoms with Crippen molar-refractivity contribution in [2.24, 2.45) is 5.92 Å².